The zero-order chi connectivity index (χ0) is 14.0. The maximum absolute atomic E-state index is 13.0. The Bertz CT molecular complexity index is 586. The summed E-state index contributed by atoms with van der Waals surface area (Å²) in [6.45, 7) is 1.95. The molecule has 3 N–H and O–H groups in total. The summed E-state index contributed by atoms with van der Waals surface area (Å²) in [6, 6.07) is 4.20. The van der Waals surface area contributed by atoms with Crippen molar-refractivity contribution < 1.29 is 4.39 Å². The van der Waals surface area contributed by atoms with Crippen LogP contribution in [0.1, 0.15) is 22.0 Å². The fraction of sp³-hybridized carbons (Fsp3) is 0.231. The first-order chi connectivity index (χ1) is 9.02. The Labute approximate surface area is 125 Å². The molecule has 0 amide bonds. The first kappa shape index (κ1) is 14.8. The number of hydrogen-bond donors (Lipinski definition) is 2. The number of rotatable bonds is 4. The Morgan fingerprint density at radius 3 is 2.68 bits per heavy atom. The Morgan fingerprint density at radius 1 is 1.42 bits per heavy atom. The van der Waals surface area contributed by atoms with E-state index in [0.717, 1.165) is 16.0 Å². The molecule has 0 aliphatic carbocycles. The number of aryl methyl sites for hydroxylation is 1. The zero-order valence-corrected chi connectivity index (χ0v) is 12.5. The van der Waals surface area contributed by atoms with Gasteiger partial charge in [-0.15, -0.1) is 11.3 Å². The van der Waals surface area contributed by atoms with E-state index >= 15 is 0 Å². The molecule has 0 aliphatic heterocycles. The van der Waals surface area contributed by atoms with E-state index in [-0.39, 0.29) is 11.9 Å². The van der Waals surface area contributed by atoms with E-state index in [4.69, 9.17) is 29.0 Å². The van der Waals surface area contributed by atoms with Gasteiger partial charge in [0.05, 0.1) is 11.1 Å². The fourth-order valence-electron chi connectivity index (χ4n) is 1.82. The monoisotopic (exact) mass is 318 g/mol. The average Bonchev–Trinajstić information content (AvgIpc) is 2.70. The SMILES string of the molecule is Cc1csc(C(Cc2ccc(F)cc2Cl)NN)c1Cl. The molecule has 1 unspecified atom stereocenters. The van der Waals surface area contributed by atoms with Crippen LogP contribution in [0.2, 0.25) is 10.0 Å². The Kier molecular flexibility index (Phi) is 4.81. The third kappa shape index (κ3) is 3.27. The van der Waals surface area contributed by atoms with Crippen molar-refractivity contribution in [3.8, 4) is 0 Å². The summed E-state index contributed by atoms with van der Waals surface area (Å²) in [4.78, 5) is 0.960. The van der Waals surface area contributed by atoms with Crippen molar-refractivity contribution in [2.75, 3.05) is 0 Å². The Balaban J connectivity index is 2.26. The van der Waals surface area contributed by atoms with Crippen LogP contribution in [0.15, 0.2) is 23.6 Å². The summed E-state index contributed by atoms with van der Waals surface area (Å²) in [7, 11) is 0. The fourth-order valence-corrected chi connectivity index (χ4v) is 3.45. The molecule has 0 aliphatic rings. The van der Waals surface area contributed by atoms with Crippen molar-refractivity contribution >= 4 is 34.5 Å². The van der Waals surface area contributed by atoms with Crippen LogP contribution in [0, 0.1) is 12.7 Å². The summed E-state index contributed by atoms with van der Waals surface area (Å²) >= 11 is 13.8. The van der Waals surface area contributed by atoms with E-state index in [9.17, 15) is 4.39 Å². The molecular formula is C13H13Cl2FN2S. The molecular weight excluding hydrogens is 306 g/mol. The lowest BCUT2D eigenvalue weighted by Crippen LogP contribution is -2.29. The highest BCUT2D eigenvalue weighted by atomic mass is 35.5. The molecule has 1 aromatic heterocycles. The highest BCUT2D eigenvalue weighted by Crippen LogP contribution is 2.34. The topological polar surface area (TPSA) is 38.0 Å². The van der Waals surface area contributed by atoms with Gasteiger partial charge in [0.25, 0.3) is 0 Å². The molecule has 19 heavy (non-hydrogen) atoms. The zero-order valence-electron chi connectivity index (χ0n) is 10.2. The van der Waals surface area contributed by atoms with Crippen molar-refractivity contribution in [2.45, 2.75) is 19.4 Å². The maximum Gasteiger partial charge on any atom is 0.124 e. The number of halogens is 3. The third-order valence-corrected chi connectivity index (χ3v) is 5.06. The maximum atomic E-state index is 13.0. The van der Waals surface area contributed by atoms with Crippen LogP contribution >= 0.6 is 34.5 Å². The molecule has 2 nitrogen and oxygen atoms in total. The quantitative estimate of drug-likeness (QED) is 0.653. The minimum Gasteiger partial charge on any atom is -0.271 e. The molecule has 1 heterocycles. The molecule has 0 saturated carbocycles. The van der Waals surface area contributed by atoms with Gasteiger partial charge in [-0.1, -0.05) is 29.3 Å². The molecule has 0 saturated heterocycles. The summed E-state index contributed by atoms with van der Waals surface area (Å²) in [6.07, 6.45) is 0.551. The molecule has 0 spiro atoms. The standard InChI is InChI=1S/C13H13Cl2FN2S/c1-7-6-19-13(12(7)15)11(18-17)4-8-2-3-9(16)5-10(8)14/h2-3,5-6,11,18H,4,17H2,1H3. The minimum absolute atomic E-state index is 0.144. The Hall–Kier alpha value is -0.650. The third-order valence-electron chi connectivity index (χ3n) is 2.88. The highest BCUT2D eigenvalue weighted by molar-refractivity contribution is 7.10. The highest BCUT2D eigenvalue weighted by Gasteiger charge is 2.18. The lowest BCUT2D eigenvalue weighted by molar-refractivity contribution is 0.559. The molecule has 1 aromatic carbocycles. The van der Waals surface area contributed by atoms with Crippen molar-refractivity contribution in [3.63, 3.8) is 0 Å². The second kappa shape index (κ2) is 6.20. The van der Waals surface area contributed by atoms with Crippen LogP contribution < -0.4 is 11.3 Å². The predicted molar refractivity (Wildman–Crippen MR) is 79.2 cm³/mol. The minimum atomic E-state index is -0.351. The second-order valence-electron chi connectivity index (χ2n) is 4.26. The van der Waals surface area contributed by atoms with Crippen molar-refractivity contribution in [1.82, 2.24) is 5.43 Å². The van der Waals surface area contributed by atoms with E-state index in [1.165, 1.54) is 12.1 Å². The summed E-state index contributed by atoms with van der Waals surface area (Å²) in [5.41, 5.74) is 4.58. The normalized spacial score (nSPS) is 12.7. The molecule has 0 radical (unpaired) electrons. The van der Waals surface area contributed by atoms with Crippen LogP contribution in [0.3, 0.4) is 0 Å². The van der Waals surface area contributed by atoms with Gasteiger partial charge in [0, 0.05) is 9.90 Å². The van der Waals surface area contributed by atoms with Crippen LogP contribution in [0.4, 0.5) is 4.39 Å². The lowest BCUT2D eigenvalue weighted by atomic mass is 10.0. The second-order valence-corrected chi connectivity index (χ2v) is 5.95. The molecule has 2 rings (SSSR count). The van der Waals surface area contributed by atoms with Gasteiger partial charge in [0.2, 0.25) is 0 Å². The molecule has 1 atom stereocenters. The average molecular weight is 319 g/mol. The smallest absolute Gasteiger partial charge is 0.124 e. The van der Waals surface area contributed by atoms with Gasteiger partial charge in [-0.05, 0) is 42.0 Å². The number of thiophene rings is 1. The van der Waals surface area contributed by atoms with Crippen LogP contribution in [-0.2, 0) is 6.42 Å². The number of hydrazine groups is 1. The van der Waals surface area contributed by atoms with E-state index in [2.05, 4.69) is 5.43 Å². The van der Waals surface area contributed by atoms with E-state index in [1.54, 1.807) is 17.4 Å². The van der Waals surface area contributed by atoms with Crippen molar-refractivity contribution in [1.29, 1.82) is 0 Å². The summed E-state index contributed by atoms with van der Waals surface area (Å²) in [5.74, 6) is 5.24. The number of benzene rings is 1. The van der Waals surface area contributed by atoms with Gasteiger partial charge < -0.3 is 0 Å². The number of nitrogens with one attached hydrogen (secondary N) is 1. The molecule has 0 bridgehead atoms. The van der Waals surface area contributed by atoms with Crippen LogP contribution in [0.25, 0.3) is 0 Å². The van der Waals surface area contributed by atoms with Gasteiger partial charge in [-0.2, -0.15) is 0 Å². The first-order valence-electron chi connectivity index (χ1n) is 5.66. The lowest BCUT2D eigenvalue weighted by Gasteiger charge is -2.16. The van der Waals surface area contributed by atoms with Crippen LogP contribution in [0.5, 0.6) is 0 Å². The molecule has 6 heteroatoms. The van der Waals surface area contributed by atoms with Crippen molar-refractivity contribution in [2.24, 2.45) is 5.84 Å². The molecule has 102 valence electrons. The van der Waals surface area contributed by atoms with Gasteiger partial charge >= 0.3 is 0 Å². The van der Waals surface area contributed by atoms with E-state index in [1.807, 2.05) is 12.3 Å². The van der Waals surface area contributed by atoms with Gasteiger partial charge in [0.15, 0.2) is 0 Å². The largest absolute Gasteiger partial charge is 0.271 e. The van der Waals surface area contributed by atoms with Gasteiger partial charge in [-0.25, -0.2) is 4.39 Å². The van der Waals surface area contributed by atoms with Crippen molar-refractivity contribution in [3.05, 3.63) is 55.4 Å². The van der Waals surface area contributed by atoms with Gasteiger partial charge in [-0.3, -0.25) is 11.3 Å². The number of nitrogens with two attached hydrogens (primary N) is 1. The molecule has 0 fully saturated rings. The predicted octanol–water partition coefficient (Wildman–Crippen LogP) is 4.25. The number of hydrogen-bond acceptors (Lipinski definition) is 3. The van der Waals surface area contributed by atoms with Gasteiger partial charge in [0.1, 0.15) is 5.82 Å². The molecule has 2 aromatic rings. The summed E-state index contributed by atoms with van der Waals surface area (Å²) in [5, 5.41) is 3.09. The Morgan fingerprint density at radius 2 is 2.16 bits per heavy atom. The first-order valence-corrected chi connectivity index (χ1v) is 7.30. The van der Waals surface area contributed by atoms with Crippen LogP contribution in [-0.4, -0.2) is 0 Å². The summed E-state index contributed by atoms with van der Waals surface area (Å²) < 4.78 is 13.0. The van der Waals surface area contributed by atoms with E-state index in [0.29, 0.717) is 16.5 Å². The van der Waals surface area contributed by atoms with E-state index < -0.39 is 0 Å².